The quantitative estimate of drug-likeness (QED) is 0.513. The van der Waals surface area contributed by atoms with E-state index in [2.05, 4.69) is 34.9 Å². The fraction of sp³-hybridized carbons (Fsp3) is 0.444. The Morgan fingerprint density at radius 1 is 1.03 bits per heavy atom. The minimum Gasteiger partial charge on any atom is -0.481 e. The summed E-state index contributed by atoms with van der Waals surface area (Å²) in [7, 11) is 0. The van der Waals surface area contributed by atoms with E-state index >= 15 is 0 Å². The largest absolute Gasteiger partial charge is 0.481 e. The Morgan fingerprint density at radius 2 is 1.68 bits per heavy atom. The summed E-state index contributed by atoms with van der Waals surface area (Å²) in [5.41, 5.74) is 4.62. The predicted octanol–water partition coefficient (Wildman–Crippen LogP) is 4.31. The normalized spacial score (nSPS) is 19.7. The average molecular weight is 465 g/mol. The summed E-state index contributed by atoms with van der Waals surface area (Å²) in [5, 5.41) is 15.0. The van der Waals surface area contributed by atoms with E-state index < -0.39 is 23.9 Å². The highest BCUT2D eigenvalue weighted by molar-refractivity contribution is 5.81. The summed E-state index contributed by atoms with van der Waals surface area (Å²) in [6.07, 6.45) is 2.86. The van der Waals surface area contributed by atoms with Gasteiger partial charge in [0.05, 0.1) is 11.8 Å². The molecule has 1 unspecified atom stereocenters. The van der Waals surface area contributed by atoms with Crippen LogP contribution in [0, 0.1) is 11.8 Å². The summed E-state index contributed by atoms with van der Waals surface area (Å²) in [5.74, 6) is -2.07. The number of carbonyl (C=O) groups is 3. The molecule has 7 nitrogen and oxygen atoms in total. The monoisotopic (exact) mass is 464 g/mol. The van der Waals surface area contributed by atoms with Crippen molar-refractivity contribution in [3.05, 3.63) is 59.7 Å². The molecule has 3 N–H and O–H groups in total. The third kappa shape index (κ3) is 5.08. The van der Waals surface area contributed by atoms with Crippen LogP contribution in [-0.2, 0) is 14.3 Å². The lowest BCUT2D eigenvalue weighted by molar-refractivity contribution is -0.142. The molecule has 2 aliphatic carbocycles. The van der Waals surface area contributed by atoms with Gasteiger partial charge in [-0.1, -0.05) is 68.3 Å². The zero-order valence-electron chi connectivity index (χ0n) is 19.5. The molecule has 2 aliphatic rings. The van der Waals surface area contributed by atoms with Crippen molar-refractivity contribution in [2.75, 3.05) is 13.2 Å². The molecule has 2 amide bonds. The van der Waals surface area contributed by atoms with Gasteiger partial charge in [-0.25, -0.2) is 4.79 Å². The second kappa shape index (κ2) is 10.7. The van der Waals surface area contributed by atoms with Gasteiger partial charge in [0, 0.05) is 18.5 Å². The fourth-order valence-corrected chi connectivity index (χ4v) is 5.26. The zero-order valence-corrected chi connectivity index (χ0v) is 19.5. The molecule has 2 aromatic carbocycles. The number of hydrogen-bond acceptors (Lipinski definition) is 4. The van der Waals surface area contributed by atoms with E-state index in [0.717, 1.165) is 24.0 Å². The van der Waals surface area contributed by atoms with Crippen molar-refractivity contribution in [2.45, 2.75) is 51.0 Å². The molecule has 0 spiro atoms. The second-order valence-corrected chi connectivity index (χ2v) is 9.18. The molecule has 0 bridgehead atoms. The number of alkyl carbamates (subject to hydrolysis) is 1. The van der Waals surface area contributed by atoms with E-state index in [9.17, 15) is 19.5 Å². The molecule has 1 fully saturated rings. The SMILES string of the molecule is CCCC(CNC(=O)OCC1c2ccccc2-c2ccccc21)C(=O)N[C@@H]1CCC[C@@H]1C(=O)O. The number of fused-ring (bicyclic) bond motifs is 3. The van der Waals surface area contributed by atoms with Gasteiger partial charge in [0.1, 0.15) is 6.61 Å². The Labute approximate surface area is 199 Å². The van der Waals surface area contributed by atoms with E-state index in [1.807, 2.05) is 31.2 Å². The molecule has 4 rings (SSSR count). The molecule has 0 aliphatic heterocycles. The number of aliphatic carboxylic acids is 1. The molecule has 7 heteroatoms. The van der Waals surface area contributed by atoms with Gasteiger partial charge in [0.2, 0.25) is 5.91 Å². The van der Waals surface area contributed by atoms with Crippen LogP contribution in [0.4, 0.5) is 4.79 Å². The average Bonchev–Trinajstić information content (AvgIpc) is 3.43. The van der Waals surface area contributed by atoms with Crippen molar-refractivity contribution in [1.29, 1.82) is 0 Å². The summed E-state index contributed by atoms with van der Waals surface area (Å²) in [4.78, 5) is 36.7. The van der Waals surface area contributed by atoms with Crippen molar-refractivity contribution in [1.82, 2.24) is 10.6 Å². The number of rotatable bonds is 9. The van der Waals surface area contributed by atoms with Crippen molar-refractivity contribution >= 4 is 18.0 Å². The lowest BCUT2D eigenvalue weighted by atomic mass is 9.98. The van der Waals surface area contributed by atoms with Gasteiger partial charge in [-0.3, -0.25) is 9.59 Å². The summed E-state index contributed by atoms with van der Waals surface area (Å²) < 4.78 is 5.57. The van der Waals surface area contributed by atoms with Gasteiger partial charge < -0.3 is 20.5 Å². The van der Waals surface area contributed by atoms with Gasteiger partial charge in [0.15, 0.2) is 0 Å². The molecule has 3 atom stereocenters. The highest BCUT2D eigenvalue weighted by Crippen LogP contribution is 2.44. The van der Waals surface area contributed by atoms with Gasteiger partial charge in [-0.15, -0.1) is 0 Å². The first-order valence-corrected chi connectivity index (χ1v) is 12.1. The van der Waals surface area contributed by atoms with Gasteiger partial charge in [0.25, 0.3) is 0 Å². The zero-order chi connectivity index (χ0) is 24.1. The van der Waals surface area contributed by atoms with Crippen LogP contribution in [0.2, 0.25) is 0 Å². The lowest BCUT2D eigenvalue weighted by Gasteiger charge is -2.22. The van der Waals surface area contributed by atoms with Crippen LogP contribution in [-0.4, -0.2) is 42.3 Å². The lowest BCUT2D eigenvalue weighted by Crippen LogP contribution is -2.45. The molecule has 34 heavy (non-hydrogen) atoms. The molecular formula is C27H32N2O5. The summed E-state index contributed by atoms with van der Waals surface area (Å²) >= 11 is 0. The van der Waals surface area contributed by atoms with Crippen LogP contribution in [0.1, 0.15) is 56.1 Å². The number of carboxylic acids is 1. The maximum atomic E-state index is 12.8. The minimum atomic E-state index is -0.869. The van der Waals surface area contributed by atoms with E-state index in [0.29, 0.717) is 19.3 Å². The van der Waals surface area contributed by atoms with Gasteiger partial charge in [-0.2, -0.15) is 0 Å². The number of hydrogen-bond donors (Lipinski definition) is 3. The number of amides is 2. The van der Waals surface area contributed by atoms with Crippen molar-refractivity contribution in [2.24, 2.45) is 11.8 Å². The maximum Gasteiger partial charge on any atom is 0.407 e. The van der Waals surface area contributed by atoms with Crippen LogP contribution >= 0.6 is 0 Å². The predicted molar refractivity (Wildman–Crippen MR) is 128 cm³/mol. The number of benzene rings is 2. The van der Waals surface area contributed by atoms with Crippen LogP contribution in [0.3, 0.4) is 0 Å². The molecular weight excluding hydrogens is 432 g/mol. The smallest absolute Gasteiger partial charge is 0.407 e. The first-order chi connectivity index (χ1) is 16.5. The Balaban J connectivity index is 1.32. The molecule has 1 saturated carbocycles. The fourth-order valence-electron chi connectivity index (χ4n) is 5.26. The summed E-state index contributed by atoms with van der Waals surface area (Å²) in [6.45, 7) is 2.34. The maximum absolute atomic E-state index is 12.8. The van der Waals surface area contributed by atoms with Gasteiger partial charge >= 0.3 is 12.1 Å². The highest BCUT2D eigenvalue weighted by Gasteiger charge is 2.35. The Hall–Kier alpha value is -3.35. The first kappa shape index (κ1) is 23.8. The Kier molecular flexibility index (Phi) is 7.50. The standard InChI is InChI=1S/C27H32N2O5/c1-2-8-17(25(30)29-24-14-7-13-22(24)26(31)32)15-28-27(33)34-16-23-20-11-5-3-9-18(20)19-10-4-6-12-21(19)23/h3-6,9-12,17,22-24H,2,7-8,13-16H2,1H3,(H,28,33)(H,29,30)(H,31,32)/t17?,22-,24+/m0/s1. The molecule has 2 aromatic rings. The third-order valence-corrected chi connectivity index (χ3v) is 7.01. The number of nitrogens with one attached hydrogen (secondary N) is 2. The van der Waals surface area contributed by atoms with E-state index in [1.165, 1.54) is 11.1 Å². The third-order valence-electron chi connectivity index (χ3n) is 7.01. The molecule has 180 valence electrons. The molecule has 0 radical (unpaired) electrons. The number of carbonyl (C=O) groups excluding carboxylic acids is 2. The van der Waals surface area contributed by atoms with E-state index in [4.69, 9.17) is 4.74 Å². The van der Waals surface area contributed by atoms with Crippen molar-refractivity contribution in [3.8, 4) is 11.1 Å². The van der Waals surface area contributed by atoms with Gasteiger partial charge in [-0.05, 0) is 41.5 Å². The van der Waals surface area contributed by atoms with E-state index in [1.54, 1.807) is 0 Å². The molecule has 0 saturated heterocycles. The van der Waals surface area contributed by atoms with E-state index in [-0.39, 0.29) is 31.0 Å². The first-order valence-electron chi connectivity index (χ1n) is 12.1. The number of carboxylic acid groups (broad SMARTS) is 1. The highest BCUT2D eigenvalue weighted by atomic mass is 16.5. The van der Waals surface area contributed by atoms with Crippen LogP contribution in [0.25, 0.3) is 11.1 Å². The molecule has 0 heterocycles. The Morgan fingerprint density at radius 3 is 2.29 bits per heavy atom. The number of ether oxygens (including phenoxy) is 1. The Bertz CT molecular complexity index is 1010. The van der Waals surface area contributed by atoms with Crippen molar-refractivity contribution in [3.63, 3.8) is 0 Å². The minimum absolute atomic E-state index is 0.0248. The topological polar surface area (TPSA) is 105 Å². The van der Waals surface area contributed by atoms with Crippen LogP contribution in [0.5, 0.6) is 0 Å². The van der Waals surface area contributed by atoms with Crippen molar-refractivity contribution < 1.29 is 24.2 Å². The second-order valence-electron chi connectivity index (χ2n) is 9.18. The molecule has 0 aromatic heterocycles. The van der Waals surface area contributed by atoms with Crippen LogP contribution < -0.4 is 10.6 Å². The van der Waals surface area contributed by atoms with Crippen LogP contribution in [0.15, 0.2) is 48.5 Å². The summed E-state index contributed by atoms with van der Waals surface area (Å²) in [6, 6.07) is 16.0.